The summed E-state index contributed by atoms with van der Waals surface area (Å²) in [6.45, 7) is 6.34. The molecule has 0 radical (unpaired) electrons. The van der Waals surface area contributed by atoms with Gasteiger partial charge >= 0.3 is 0 Å². The molecular formula is C9H22NO+. The summed E-state index contributed by atoms with van der Waals surface area (Å²) >= 11 is 0. The molecule has 0 aromatic carbocycles. The van der Waals surface area contributed by atoms with Gasteiger partial charge in [0.1, 0.15) is 13.2 Å². The number of rotatable bonds is 6. The Kier molecular flexibility index (Phi) is 5.51. The fourth-order valence-electron chi connectivity index (χ4n) is 0.942. The van der Waals surface area contributed by atoms with E-state index in [0.29, 0.717) is 4.65 Å². The molecule has 0 fully saturated rings. The van der Waals surface area contributed by atoms with Crippen LogP contribution in [0, 0.1) is 0 Å². The van der Waals surface area contributed by atoms with Gasteiger partial charge < -0.3 is 0 Å². The van der Waals surface area contributed by atoms with E-state index in [4.69, 9.17) is 4.84 Å². The molecule has 0 aliphatic carbocycles. The first-order valence-corrected chi connectivity index (χ1v) is 4.60. The van der Waals surface area contributed by atoms with Crippen LogP contribution in [0.4, 0.5) is 0 Å². The summed E-state index contributed by atoms with van der Waals surface area (Å²) < 4.78 is 0.710. The molecule has 11 heavy (non-hydrogen) atoms. The first-order valence-electron chi connectivity index (χ1n) is 4.60. The molecule has 0 aliphatic rings. The average molecular weight is 160 g/mol. The zero-order valence-electron chi connectivity index (χ0n) is 8.39. The molecule has 0 heterocycles. The maximum absolute atomic E-state index is 5.62. The highest BCUT2D eigenvalue weighted by atomic mass is 16.7. The van der Waals surface area contributed by atoms with Crippen molar-refractivity contribution in [2.75, 3.05) is 27.2 Å². The minimum Gasteiger partial charge on any atom is -0.203 e. The van der Waals surface area contributed by atoms with Gasteiger partial charge in [-0.3, -0.25) is 0 Å². The smallest absolute Gasteiger partial charge is 0.108 e. The Bertz CT molecular complexity index is 81.6. The molecule has 0 saturated heterocycles. The second kappa shape index (κ2) is 5.56. The highest BCUT2D eigenvalue weighted by Gasteiger charge is 2.14. The minimum atomic E-state index is 0.710. The van der Waals surface area contributed by atoms with Gasteiger partial charge in [-0.2, -0.15) is 4.65 Å². The quantitative estimate of drug-likeness (QED) is 0.427. The molecule has 0 N–H and O–H groups in total. The Morgan fingerprint density at radius 1 is 1.09 bits per heavy atom. The molecule has 0 amide bonds. The number of hydroxylamine groups is 3. The molecule has 0 aliphatic heterocycles. The summed E-state index contributed by atoms with van der Waals surface area (Å²) in [4.78, 5) is 5.62. The minimum absolute atomic E-state index is 0.710. The zero-order chi connectivity index (χ0) is 8.74. The van der Waals surface area contributed by atoms with E-state index in [0.717, 1.165) is 19.6 Å². The number of quaternary nitrogens is 1. The van der Waals surface area contributed by atoms with Crippen LogP contribution in [0.1, 0.15) is 33.1 Å². The van der Waals surface area contributed by atoms with Crippen LogP contribution in [0.3, 0.4) is 0 Å². The fraction of sp³-hybridized carbons (Fsp3) is 1.00. The maximum atomic E-state index is 5.62. The summed E-state index contributed by atoms with van der Waals surface area (Å²) in [6, 6.07) is 0. The molecule has 0 unspecified atom stereocenters. The molecule has 0 rings (SSSR count). The monoisotopic (exact) mass is 160 g/mol. The summed E-state index contributed by atoms with van der Waals surface area (Å²) in [5.41, 5.74) is 0. The normalized spacial score (nSPS) is 12.0. The summed E-state index contributed by atoms with van der Waals surface area (Å²) in [5, 5.41) is 0. The van der Waals surface area contributed by atoms with Crippen molar-refractivity contribution in [1.82, 2.24) is 0 Å². The van der Waals surface area contributed by atoms with Crippen LogP contribution in [0.25, 0.3) is 0 Å². The Morgan fingerprint density at radius 2 is 1.73 bits per heavy atom. The zero-order valence-corrected chi connectivity index (χ0v) is 8.39. The number of unbranched alkanes of at least 4 members (excludes halogenated alkanes) is 1. The molecule has 0 aromatic heterocycles. The van der Waals surface area contributed by atoms with Crippen molar-refractivity contribution in [2.24, 2.45) is 0 Å². The van der Waals surface area contributed by atoms with Gasteiger partial charge in [0, 0.05) is 0 Å². The summed E-state index contributed by atoms with van der Waals surface area (Å²) in [6.07, 6.45) is 3.60. The van der Waals surface area contributed by atoms with Crippen molar-refractivity contribution in [3.05, 3.63) is 0 Å². The number of hydrogen-bond donors (Lipinski definition) is 0. The van der Waals surface area contributed by atoms with E-state index < -0.39 is 0 Å². The standard InChI is InChI=1S/C9H22NO/c1-5-7-8-10(3,4)11-9-6-2/h5-9H2,1-4H3/q+1. The third-order valence-electron chi connectivity index (χ3n) is 1.70. The molecule has 0 atom stereocenters. The van der Waals surface area contributed by atoms with E-state index in [1.165, 1.54) is 12.8 Å². The van der Waals surface area contributed by atoms with E-state index in [-0.39, 0.29) is 0 Å². The van der Waals surface area contributed by atoms with Crippen molar-refractivity contribution in [3.8, 4) is 0 Å². The molecule has 2 heteroatoms. The van der Waals surface area contributed by atoms with E-state index in [9.17, 15) is 0 Å². The predicted octanol–water partition coefficient (Wildman–Crippen LogP) is 2.20. The first-order chi connectivity index (χ1) is 5.12. The largest absolute Gasteiger partial charge is 0.203 e. The molecule has 0 bridgehead atoms. The van der Waals surface area contributed by atoms with Gasteiger partial charge in [0.15, 0.2) is 0 Å². The van der Waals surface area contributed by atoms with Crippen molar-refractivity contribution in [1.29, 1.82) is 0 Å². The summed E-state index contributed by atoms with van der Waals surface area (Å²) in [7, 11) is 4.23. The molecular weight excluding hydrogens is 138 g/mol. The highest BCUT2D eigenvalue weighted by molar-refractivity contribution is 4.28. The number of hydrogen-bond acceptors (Lipinski definition) is 1. The van der Waals surface area contributed by atoms with Crippen LogP contribution < -0.4 is 0 Å². The Labute approximate surface area is 70.7 Å². The van der Waals surface area contributed by atoms with Gasteiger partial charge in [-0.15, -0.1) is 0 Å². The predicted molar refractivity (Wildman–Crippen MR) is 48.1 cm³/mol. The SMILES string of the molecule is CCCC[N+](C)(C)OCCC. The fourth-order valence-corrected chi connectivity index (χ4v) is 0.942. The lowest BCUT2D eigenvalue weighted by Crippen LogP contribution is -2.40. The topological polar surface area (TPSA) is 9.23 Å². The van der Waals surface area contributed by atoms with Crippen LogP contribution in [-0.4, -0.2) is 31.9 Å². The van der Waals surface area contributed by atoms with Crippen molar-refractivity contribution < 1.29 is 9.48 Å². The Balaban J connectivity index is 3.43. The molecule has 0 spiro atoms. The van der Waals surface area contributed by atoms with Gasteiger partial charge in [0.2, 0.25) is 0 Å². The van der Waals surface area contributed by atoms with Crippen molar-refractivity contribution >= 4 is 0 Å². The van der Waals surface area contributed by atoms with Crippen LogP contribution >= 0.6 is 0 Å². The average Bonchev–Trinajstić information content (AvgIpc) is 1.97. The second-order valence-corrected chi connectivity index (χ2v) is 3.48. The van der Waals surface area contributed by atoms with E-state index in [2.05, 4.69) is 27.9 Å². The summed E-state index contributed by atoms with van der Waals surface area (Å²) in [5.74, 6) is 0. The maximum Gasteiger partial charge on any atom is 0.108 e. The Morgan fingerprint density at radius 3 is 2.18 bits per heavy atom. The van der Waals surface area contributed by atoms with Crippen LogP contribution in [0.2, 0.25) is 0 Å². The molecule has 0 saturated carbocycles. The Hall–Kier alpha value is -0.0800. The first kappa shape index (κ1) is 10.9. The highest BCUT2D eigenvalue weighted by Crippen LogP contribution is 2.02. The van der Waals surface area contributed by atoms with Gasteiger partial charge in [-0.1, -0.05) is 20.3 Å². The van der Waals surface area contributed by atoms with Gasteiger partial charge in [0.25, 0.3) is 0 Å². The van der Waals surface area contributed by atoms with E-state index in [1.807, 2.05) is 0 Å². The third kappa shape index (κ3) is 6.32. The van der Waals surface area contributed by atoms with E-state index in [1.54, 1.807) is 0 Å². The second-order valence-electron chi connectivity index (χ2n) is 3.48. The third-order valence-corrected chi connectivity index (χ3v) is 1.70. The van der Waals surface area contributed by atoms with Crippen molar-refractivity contribution in [2.45, 2.75) is 33.1 Å². The van der Waals surface area contributed by atoms with Gasteiger partial charge in [0.05, 0.1) is 14.1 Å². The lowest BCUT2D eigenvalue weighted by atomic mass is 10.3. The van der Waals surface area contributed by atoms with Crippen molar-refractivity contribution in [3.63, 3.8) is 0 Å². The van der Waals surface area contributed by atoms with Crippen LogP contribution in [0.5, 0.6) is 0 Å². The van der Waals surface area contributed by atoms with Gasteiger partial charge in [-0.05, 0) is 12.8 Å². The van der Waals surface area contributed by atoms with Gasteiger partial charge in [-0.25, -0.2) is 4.84 Å². The van der Waals surface area contributed by atoms with Crippen LogP contribution in [-0.2, 0) is 4.84 Å². The molecule has 0 aromatic rings. The lowest BCUT2D eigenvalue weighted by Gasteiger charge is -2.26. The number of nitrogens with zero attached hydrogens (tertiary/aromatic N) is 1. The molecule has 68 valence electrons. The van der Waals surface area contributed by atoms with Crippen LogP contribution in [0.15, 0.2) is 0 Å². The lowest BCUT2D eigenvalue weighted by molar-refractivity contribution is -1.08. The molecule has 2 nitrogen and oxygen atoms in total. The van der Waals surface area contributed by atoms with E-state index >= 15 is 0 Å².